The third-order valence-electron chi connectivity index (χ3n) is 4.54. The minimum atomic E-state index is -0.179. The molecular weight excluding hydrogens is 338 g/mol. The normalized spacial score (nSPS) is 13.2. The van der Waals surface area contributed by atoms with Crippen molar-refractivity contribution in [3.05, 3.63) is 69.7 Å². The van der Waals surface area contributed by atoms with Gasteiger partial charge in [-0.1, -0.05) is 29.8 Å². The quantitative estimate of drug-likeness (QED) is 0.727. The van der Waals surface area contributed by atoms with Crippen LogP contribution in [0.3, 0.4) is 0 Å². The Balaban J connectivity index is 1.54. The standard InChI is InChI=1S/C19H16ClN3O2/c20-14-5-6-16-15(11-14)19(25)22(12-21-16)9-8-18(24)23-10-7-13-3-1-2-4-17(13)23/h1-6,11-12H,7-10H2. The zero-order valence-corrected chi connectivity index (χ0v) is 14.2. The number of para-hydroxylation sites is 1. The molecule has 1 aromatic heterocycles. The molecule has 3 aromatic rings. The monoisotopic (exact) mass is 353 g/mol. The van der Waals surface area contributed by atoms with Gasteiger partial charge < -0.3 is 4.90 Å². The highest BCUT2D eigenvalue weighted by Gasteiger charge is 2.23. The molecule has 4 rings (SSSR count). The van der Waals surface area contributed by atoms with Crippen molar-refractivity contribution < 1.29 is 4.79 Å². The highest BCUT2D eigenvalue weighted by Crippen LogP contribution is 2.27. The fourth-order valence-corrected chi connectivity index (χ4v) is 3.41. The van der Waals surface area contributed by atoms with Crippen molar-refractivity contribution in [1.29, 1.82) is 0 Å². The van der Waals surface area contributed by atoms with Gasteiger partial charge in [-0.25, -0.2) is 4.98 Å². The van der Waals surface area contributed by atoms with Gasteiger partial charge >= 0.3 is 0 Å². The maximum absolute atomic E-state index is 12.6. The van der Waals surface area contributed by atoms with E-state index in [0.29, 0.717) is 29.0 Å². The Morgan fingerprint density at radius 3 is 2.92 bits per heavy atom. The van der Waals surface area contributed by atoms with Gasteiger partial charge in [-0.05, 0) is 36.2 Å². The molecule has 1 aliphatic rings. The lowest BCUT2D eigenvalue weighted by atomic mass is 10.2. The van der Waals surface area contributed by atoms with Gasteiger partial charge in [0.15, 0.2) is 0 Å². The summed E-state index contributed by atoms with van der Waals surface area (Å²) in [5.41, 5.74) is 2.59. The summed E-state index contributed by atoms with van der Waals surface area (Å²) in [6.45, 7) is 0.991. The van der Waals surface area contributed by atoms with Crippen molar-refractivity contribution in [2.24, 2.45) is 0 Å². The second kappa shape index (κ2) is 6.33. The molecule has 0 bridgehead atoms. The van der Waals surface area contributed by atoms with Crippen molar-refractivity contribution in [2.75, 3.05) is 11.4 Å². The van der Waals surface area contributed by atoms with Crippen LogP contribution < -0.4 is 10.5 Å². The Bertz CT molecular complexity index is 1030. The van der Waals surface area contributed by atoms with Crippen LogP contribution in [0.25, 0.3) is 10.9 Å². The molecule has 5 nitrogen and oxygen atoms in total. The second-order valence-corrected chi connectivity index (χ2v) is 6.52. The first kappa shape index (κ1) is 15.8. The number of rotatable bonds is 3. The number of hydrogen-bond acceptors (Lipinski definition) is 3. The molecule has 0 aliphatic carbocycles. The zero-order chi connectivity index (χ0) is 17.4. The van der Waals surface area contributed by atoms with Crippen molar-refractivity contribution in [1.82, 2.24) is 9.55 Å². The molecule has 2 aromatic carbocycles. The van der Waals surface area contributed by atoms with Gasteiger partial charge in [0, 0.05) is 30.2 Å². The summed E-state index contributed by atoms with van der Waals surface area (Å²) < 4.78 is 1.47. The lowest BCUT2D eigenvalue weighted by Gasteiger charge is -2.17. The SMILES string of the molecule is O=C(CCn1cnc2ccc(Cl)cc2c1=O)N1CCc2ccccc21. The fourth-order valence-electron chi connectivity index (χ4n) is 3.24. The van der Waals surface area contributed by atoms with E-state index in [1.54, 1.807) is 23.1 Å². The predicted molar refractivity (Wildman–Crippen MR) is 98.1 cm³/mol. The fraction of sp³-hybridized carbons (Fsp3) is 0.211. The number of nitrogens with zero attached hydrogens (tertiary/aromatic N) is 3. The van der Waals surface area contributed by atoms with E-state index in [2.05, 4.69) is 4.98 Å². The van der Waals surface area contributed by atoms with E-state index in [1.807, 2.05) is 24.3 Å². The van der Waals surface area contributed by atoms with Gasteiger partial charge in [-0.3, -0.25) is 14.2 Å². The molecule has 6 heteroatoms. The van der Waals surface area contributed by atoms with Gasteiger partial charge in [0.05, 0.1) is 17.2 Å². The number of anilines is 1. The van der Waals surface area contributed by atoms with Gasteiger partial charge in [0.1, 0.15) is 0 Å². The summed E-state index contributed by atoms with van der Waals surface area (Å²) in [7, 11) is 0. The van der Waals surface area contributed by atoms with Gasteiger partial charge in [-0.15, -0.1) is 0 Å². The third-order valence-corrected chi connectivity index (χ3v) is 4.78. The molecule has 0 saturated carbocycles. The maximum Gasteiger partial charge on any atom is 0.261 e. The van der Waals surface area contributed by atoms with Crippen molar-refractivity contribution in [2.45, 2.75) is 19.4 Å². The van der Waals surface area contributed by atoms with E-state index in [9.17, 15) is 9.59 Å². The van der Waals surface area contributed by atoms with Gasteiger partial charge in [0.25, 0.3) is 5.56 Å². The summed E-state index contributed by atoms with van der Waals surface area (Å²) in [6.07, 6.45) is 2.61. The number of hydrogen-bond donors (Lipinski definition) is 0. The van der Waals surface area contributed by atoms with Crippen LogP contribution in [0.15, 0.2) is 53.6 Å². The van der Waals surface area contributed by atoms with Crippen molar-refractivity contribution >= 4 is 34.1 Å². The molecule has 25 heavy (non-hydrogen) atoms. The highest BCUT2D eigenvalue weighted by atomic mass is 35.5. The van der Waals surface area contributed by atoms with E-state index in [4.69, 9.17) is 11.6 Å². The Morgan fingerprint density at radius 1 is 1.20 bits per heavy atom. The number of fused-ring (bicyclic) bond motifs is 2. The largest absolute Gasteiger partial charge is 0.312 e. The Labute approximate surface area is 149 Å². The zero-order valence-electron chi connectivity index (χ0n) is 13.5. The number of amides is 1. The van der Waals surface area contributed by atoms with Crippen molar-refractivity contribution in [3.8, 4) is 0 Å². The van der Waals surface area contributed by atoms with Gasteiger partial charge in [-0.2, -0.15) is 0 Å². The number of aromatic nitrogens is 2. The Kier molecular flexibility index (Phi) is 4.01. The Hall–Kier alpha value is -2.66. The molecule has 1 aliphatic heterocycles. The summed E-state index contributed by atoms with van der Waals surface area (Å²) in [6, 6.07) is 13.0. The summed E-state index contributed by atoms with van der Waals surface area (Å²) in [4.78, 5) is 31.2. The smallest absolute Gasteiger partial charge is 0.261 e. The minimum absolute atomic E-state index is 0.0167. The van der Waals surface area contributed by atoms with Gasteiger partial charge in [0.2, 0.25) is 5.91 Å². The number of carbonyl (C=O) groups is 1. The molecule has 0 radical (unpaired) electrons. The van der Waals surface area contributed by atoms with Crippen LogP contribution in [0, 0.1) is 0 Å². The molecule has 0 N–H and O–H groups in total. The van der Waals surface area contributed by atoms with E-state index in [1.165, 1.54) is 16.5 Å². The number of aryl methyl sites for hydroxylation is 1. The van der Waals surface area contributed by atoms with Crippen LogP contribution in [0.2, 0.25) is 5.02 Å². The molecular formula is C19H16ClN3O2. The van der Waals surface area contributed by atoms with Crippen LogP contribution in [0.5, 0.6) is 0 Å². The Morgan fingerprint density at radius 2 is 2.04 bits per heavy atom. The number of benzene rings is 2. The lowest BCUT2D eigenvalue weighted by molar-refractivity contribution is -0.118. The van der Waals surface area contributed by atoms with E-state index < -0.39 is 0 Å². The third kappa shape index (κ3) is 2.91. The first-order chi connectivity index (χ1) is 12.1. The molecule has 1 amide bonds. The van der Waals surface area contributed by atoms with Crippen LogP contribution >= 0.6 is 11.6 Å². The summed E-state index contributed by atoms with van der Waals surface area (Å²) in [5, 5.41) is 0.961. The molecule has 0 fully saturated rings. The molecule has 0 spiro atoms. The minimum Gasteiger partial charge on any atom is -0.312 e. The van der Waals surface area contributed by atoms with Crippen LogP contribution in [-0.2, 0) is 17.8 Å². The van der Waals surface area contributed by atoms with Crippen LogP contribution in [-0.4, -0.2) is 22.0 Å². The van der Waals surface area contributed by atoms with E-state index in [-0.39, 0.29) is 17.9 Å². The average molecular weight is 354 g/mol. The highest BCUT2D eigenvalue weighted by molar-refractivity contribution is 6.31. The van der Waals surface area contributed by atoms with Crippen LogP contribution in [0.4, 0.5) is 5.69 Å². The topological polar surface area (TPSA) is 55.2 Å². The average Bonchev–Trinajstić information content (AvgIpc) is 3.05. The van der Waals surface area contributed by atoms with E-state index >= 15 is 0 Å². The molecule has 126 valence electrons. The van der Waals surface area contributed by atoms with Crippen molar-refractivity contribution in [3.63, 3.8) is 0 Å². The number of halogens is 1. The predicted octanol–water partition coefficient (Wildman–Crippen LogP) is 3.03. The molecule has 0 unspecified atom stereocenters. The molecule has 0 saturated heterocycles. The first-order valence-corrected chi connectivity index (χ1v) is 8.54. The second-order valence-electron chi connectivity index (χ2n) is 6.08. The summed E-state index contributed by atoms with van der Waals surface area (Å²) >= 11 is 5.97. The van der Waals surface area contributed by atoms with Crippen LogP contribution in [0.1, 0.15) is 12.0 Å². The molecule has 0 atom stereocenters. The molecule has 2 heterocycles. The number of carbonyl (C=O) groups excluding carboxylic acids is 1. The summed E-state index contributed by atoms with van der Waals surface area (Å²) in [5.74, 6) is 0.0167. The van der Waals surface area contributed by atoms with E-state index in [0.717, 1.165) is 12.1 Å². The lowest BCUT2D eigenvalue weighted by Crippen LogP contribution is -2.31. The first-order valence-electron chi connectivity index (χ1n) is 8.16. The maximum atomic E-state index is 12.6.